The van der Waals surface area contributed by atoms with E-state index in [0.717, 1.165) is 44.3 Å². The minimum Gasteiger partial charge on any atom is -0.497 e. The Balaban J connectivity index is 1.55. The molecule has 0 saturated carbocycles. The Bertz CT molecular complexity index is 1390. The standard InChI is InChI=1S/C27H22N2O3/c1-32-18-8-4-6-16(14-18)12-13-29-27(31)25-22(26(28)30)15-17-7-5-11-20-19-9-2-3-10-21(19)24(25)23(17)20/h2-11,14-15H,12-13H2,1H3,(H2,28,30)(H,29,31). The average Bonchev–Trinajstić information content (AvgIpc) is 3.15. The summed E-state index contributed by atoms with van der Waals surface area (Å²) in [6, 6.07) is 23.4. The quantitative estimate of drug-likeness (QED) is 0.421. The van der Waals surface area contributed by atoms with E-state index in [4.69, 9.17) is 10.5 Å². The van der Waals surface area contributed by atoms with E-state index in [1.165, 1.54) is 0 Å². The van der Waals surface area contributed by atoms with Gasteiger partial charge in [0.15, 0.2) is 0 Å². The van der Waals surface area contributed by atoms with E-state index in [1.54, 1.807) is 13.2 Å². The van der Waals surface area contributed by atoms with Crippen LogP contribution in [-0.2, 0) is 6.42 Å². The lowest BCUT2D eigenvalue weighted by Gasteiger charge is -2.15. The lowest BCUT2D eigenvalue weighted by molar-refractivity contribution is 0.0937. The number of carbonyl (C=O) groups excluding carboxylic acids is 2. The van der Waals surface area contributed by atoms with Gasteiger partial charge in [-0.25, -0.2) is 0 Å². The zero-order chi connectivity index (χ0) is 22.2. The molecule has 0 radical (unpaired) electrons. The summed E-state index contributed by atoms with van der Waals surface area (Å²) in [5.74, 6) is -0.141. The zero-order valence-electron chi connectivity index (χ0n) is 17.6. The Hall–Kier alpha value is -4.12. The van der Waals surface area contributed by atoms with Gasteiger partial charge in [0.25, 0.3) is 5.91 Å². The maximum Gasteiger partial charge on any atom is 0.252 e. The first-order chi connectivity index (χ1) is 15.6. The monoisotopic (exact) mass is 422 g/mol. The molecule has 0 saturated heterocycles. The second-order valence-electron chi connectivity index (χ2n) is 7.85. The molecule has 5 heteroatoms. The van der Waals surface area contributed by atoms with Crippen molar-refractivity contribution in [2.45, 2.75) is 6.42 Å². The number of hydrogen-bond acceptors (Lipinski definition) is 3. The molecule has 4 aromatic rings. The SMILES string of the molecule is COc1cccc(CCNC(=O)c2c(C(N)=O)cc3cccc4c3c2-c2ccccc2-4)c1. The highest BCUT2D eigenvalue weighted by atomic mass is 16.5. The molecule has 0 aromatic heterocycles. The molecule has 158 valence electrons. The van der Waals surface area contributed by atoms with Crippen LogP contribution in [-0.4, -0.2) is 25.5 Å². The Morgan fingerprint density at radius 1 is 0.906 bits per heavy atom. The number of benzene rings is 4. The normalized spacial score (nSPS) is 11.3. The Morgan fingerprint density at radius 3 is 2.44 bits per heavy atom. The van der Waals surface area contributed by atoms with Gasteiger partial charge in [0.1, 0.15) is 5.75 Å². The van der Waals surface area contributed by atoms with Crippen LogP contribution in [0, 0.1) is 0 Å². The molecule has 1 aliphatic rings. The summed E-state index contributed by atoms with van der Waals surface area (Å²) in [6.07, 6.45) is 0.638. The Labute approximate surface area is 185 Å². The summed E-state index contributed by atoms with van der Waals surface area (Å²) in [6.45, 7) is 0.422. The minimum absolute atomic E-state index is 0.236. The third-order valence-electron chi connectivity index (χ3n) is 5.98. The van der Waals surface area contributed by atoms with Crippen LogP contribution in [0.5, 0.6) is 5.75 Å². The molecule has 5 nitrogen and oxygen atoms in total. The summed E-state index contributed by atoms with van der Waals surface area (Å²) < 4.78 is 5.27. The van der Waals surface area contributed by atoms with Crippen LogP contribution >= 0.6 is 0 Å². The molecular formula is C27H22N2O3. The molecule has 5 rings (SSSR count). The smallest absolute Gasteiger partial charge is 0.252 e. The highest BCUT2D eigenvalue weighted by Crippen LogP contribution is 2.49. The number of ether oxygens (including phenoxy) is 1. The van der Waals surface area contributed by atoms with E-state index in [0.29, 0.717) is 18.5 Å². The number of rotatable bonds is 6. The molecule has 0 spiro atoms. The second-order valence-corrected chi connectivity index (χ2v) is 7.85. The number of amides is 2. The molecule has 3 N–H and O–H groups in total. The third-order valence-corrected chi connectivity index (χ3v) is 5.98. The van der Waals surface area contributed by atoms with Gasteiger partial charge in [0, 0.05) is 12.1 Å². The van der Waals surface area contributed by atoms with Crippen molar-refractivity contribution in [2.24, 2.45) is 5.73 Å². The molecule has 0 unspecified atom stereocenters. The van der Waals surface area contributed by atoms with Crippen LogP contribution in [0.4, 0.5) is 0 Å². The predicted octanol–water partition coefficient (Wildman–Crippen LogP) is 4.57. The number of methoxy groups -OCH3 is 1. The van der Waals surface area contributed by atoms with Gasteiger partial charge in [-0.2, -0.15) is 0 Å². The maximum atomic E-state index is 13.4. The first-order valence-electron chi connectivity index (χ1n) is 10.5. The highest BCUT2D eigenvalue weighted by Gasteiger charge is 2.29. The summed E-state index contributed by atoms with van der Waals surface area (Å²) in [4.78, 5) is 25.8. The van der Waals surface area contributed by atoms with Gasteiger partial charge >= 0.3 is 0 Å². The van der Waals surface area contributed by atoms with Crippen molar-refractivity contribution in [3.05, 3.63) is 89.5 Å². The minimum atomic E-state index is -0.615. The number of primary amides is 1. The van der Waals surface area contributed by atoms with E-state index in [1.807, 2.05) is 66.7 Å². The van der Waals surface area contributed by atoms with Crippen LogP contribution < -0.4 is 15.8 Å². The summed E-state index contributed by atoms with van der Waals surface area (Å²) >= 11 is 0. The fraction of sp³-hybridized carbons (Fsp3) is 0.111. The summed E-state index contributed by atoms with van der Waals surface area (Å²) in [7, 11) is 1.63. The van der Waals surface area contributed by atoms with Crippen molar-refractivity contribution in [3.63, 3.8) is 0 Å². The third kappa shape index (κ3) is 3.19. The van der Waals surface area contributed by atoms with Crippen molar-refractivity contribution in [2.75, 3.05) is 13.7 Å². The average molecular weight is 422 g/mol. The van der Waals surface area contributed by atoms with E-state index in [-0.39, 0.29) is 11.5 Å². The van der Waals surface area contributed by atoms with E-state index in [9.17, 15) is 9.59 Å². The Morgan fingerprint density at radius 2 is 1.66 bits per heavy atom. The van der Waals surface area contributed by atoms with Gasteiger partial charge in [0.05, 0.1) is 18.2 Å². The van der Waals surface area contributed by atoms with Crippen molar-refractivity contribution < 1.29 is 14.3 Å². The van der Waals surface area contributed by atoms with Crippen molar-refractivity contribution in [1.29, 1.82) is 0 Å². The number of hydrogen-bond donors (Lipinski definition) is 2. The predicted molar refractivity (Wildman–Crippen MR) is 126 cm³/mol. The Kier molecular flexibility index (Phi) is 4.86. The largest absolute Gasteiger partial charge is 0.497 e. The fourth-order valence-corrected chi connectivity index (χ4v) is 4.55. The topological polar surface area (TPSA) is 81.4 Å². The molecule has 1 aliphatic carbocycles. The lowest BCUT2D eigenvalue weighted by Crippen LogP contribution is -2.29. The fourth-order valence-electron chi connectivity index (χ4n) is 4.55. The van der Waals surface area contributed by atoms with Crippen molar-refractivity contribution in [1.82, 2.24) is 5.32 Å². The number of carbonyl (C=O) groups is 2. The van der Waals surface area contributed by atoms with Crippen LogP contribution in [0.2, 0.25) is 0 Å². The lowest BCUT2D eigenvalue weighted by atomic mass is 9.92. The molecule has 32 heavy (non-hydrogen) atoms. The van der Waals surface area contributed by atoms with Gasteiger partial charge in [-0.05, 0) is 57.6 Å². The maximum absolute atomic E-state index is 13.4. The van der Waals surface area contributed by atoms with Gasteiger partial charge < -0.3 is 15.8 Å². The van der Waals surface area contributed by atoms with Crippen LogP contribution in [0.1, 0.15) is 26.3 Å². The number of nitrogens with two attached hydrogens (primary N) is 1. The molecule has 0 aliphatic heterocycles. The van der Waals surface area contributed by atoms with E-state index >= 15 is 0 Å². The molecule has 0 bridgehead atoms. The van der Waals surface area contributed by atoms with Crippen LogP contribution in [0.3, 0.4) is 0 Å². The zero-order valence-corrected chi connectivity index (χ0v) is 17.6. The second kappa shape index (κ2) is 7.85. The van der Waals surface area contributed by atoms with E-state index in [2.05, 4.69) is 5.32 Å². The first kappa shape index (κ1) is 19.8. The first-order valence-corrected chi connectivity index (χ1v) is 10.5. The molecular weight excluding hydrogens is 400 g/mol. The molecule has 0 atom stereocenters. The van der Waals surface area contributed by atoms with Gasteiger partial charge in [0.2, 0.25) is 5.91 Å². The van der Waals surface area contributed by atoms with Gasteiger partial charge in [-0.1, -0.05) is 54.6 Å². The highest BCUT2D eigenvalue weighted by molar-refractivity contribution is 6.24. The van der Waals surface area contributed by atoms with Crippen molar-refractivity contribution in [3.8, 4) is 28.0 Å². The van der Waals surface area contributed by atoms with Crippen LogP contribution in [0.15, 0.2) is 72.8 Å². The van der Waals surface area contributed by atoms with Gasteiger partial charge in [-0.3, -0.25) is 9.59 Å². The van der Waals surface area contributed by atoms with E-state index < -0.39 is 5.91 Å². The molecule has 0 heterocycles. The number of fused-ring (bicyclic) bond motifs is 3. The van der Waals surface area contributed by atoms with Crippen molar-refractivity contribution >= 4 is 22.6 Å². The van der Waals surface area contributed by atoms with Crippen LogP contribution in [0.25, 0.3) is 33.0 Å². The summed E-state index contributed by atoms with van der Waals surface area (Å²) in [5.41, 5.74) is 11.2. The summed E-state index contributed by atoms with van der Waals surface area (Å²) in [5, 5.41) is 4.87. The molecule has 4 aromatic carbocycles. The molecule has 0 fully saturated rings. The number of nitrogens with one attached hydrogen (secondary N) is 1. The van der Waals surface area contributed by atoms with Gasteiger partial charge in [-0.15, -0.1) is 0 Å². The molecule has 2 amide bonds.